The number of hydrogen-bond acceptors (Lipinski definition) is 14. The first-order chi connectivity index (χ1) is 29.1. The van der Waals surface area contributed by atoms with Crippen LogP contribution in [0.5, 0.6) is 0 Å². The third kappa shape index (κ3) is 11.0. The molecular formula is C46H68BO14-. The number of cyclic esters (lactones) is 2. The molecule has 6 rings (SSSR count). The lowest BCUT2D eigenvalue weighted by molar-refractivity contribution is -0.294. The van der Waals surface area contributed by atoms with Crippen molar-refractivity contribution < 1.29 is 67.0 Å². The van der Waals surface area contributed by atoms with Crippen molar-refractivity contribution >= 4 is 30.5 Å². The molecule has 15 heteroatoms. The predicted molar refractivity (Wildman–Crippen MR) is 224 cm³/mol. The van der Waals surface area contributed by atoms with Crippen molar-refractivity contribution in [1.29, 1.82) is 0 Å². The van der Waals surface area contributed by atoms with Gasteiger partial charge in [-0.1, -0.05) is 76.3 Å². The lowest BCUT2D eigenvalue weighted by atomic mass is 9.82. The largest absolute Gasteiger partial charge is 0.536 e. The quantitative estimate of drug-likeness (QED) is 0.201. The fourth-order valence-electron chi connectivity index (χ4n) is 9.42. The van der Waals surface area contributed by atoms with Gasteiger partial charge in [0, 0.05) is 36.5 Å². The highest BCUT2D eigenvalue weighted by atomic mass is 17.0. The molecule has 0 aliphatic carbocycles. The van der Waals surface area contributed by atoms with Gasteiger partial charge in [0.05, 0.1) is 36.6 Å². The average molecular weight is 856 g/mol. The summed E-state index contributed by atoms with van der Waals surface area (Å²) in [6.07, 6.45) is 13.6. The monoisotopic (exact) mass is 855 g/mol. The zero-order valence-electron chi connectivity index (χ0n) is 36.8. The van der Waals surface area contributed by atoms with Gasteiger partial charge in [0.15, 0.2) is 23.8 Å². The van der Waals surface area contributed by atoms with Crippen molar-refractivity contribution in [3.8, 4) is 0 Å². The Balaban J connectivity index is 1.43. The van der Waals surface area contributed by atoms with Crippen LogP contribution < -0.4 is 0 Å². The minimum atomic E-state index is -3.51. The first-order valence-electron chi connectivity index (χ1n) is 22.8. The van der Waals surface area contributed by atoms with Crippen LogP contribution >= 0.6 is 0 Å². The van der Waals surface area contributed by atoms with Gasteiger partial charge in [0.1, 0.15) is 11.6 Å². The van der Waals surface area contributed by atoms with E-state index in [0.717, 1.165) is 0 Å². The Morgan fingerprint density at radius 3 is 1.26 bits per heavy atom. The Bertz CT molecular complexity index is 1560. The highest BCUT2D eigenvalue weighted by Gasteiger charge is 2.72. The molecule has 14 nitrogen and oxygen atoms in total. The first kappa shape index (κ1) is 47.5. The molecule has 4 fully saturated rings. The van der Waals surface area contributed by atoms with Gasteiger partial charge in [0.2, 0.25) is 0 Å². The summed E-state index contributed by atoms with van der Waals surface area (Å²) in [7, 11) is 0. The van der Waals surface area contributed by atoms with E-state index in [0.29, 0.717) is 77.0 Å². The number of ketones is 2. The van der Waals surface area contributed by atoms with Crippen LogP contribution in [-0.2, 0) is 56.7 Å². The fraction of sp³-hybridized carbons (Fsp3) is 0.739. The number of rotatable bonds is 0. The van der Waals surface area contributed by atoms with E-state index in [1.165, 1.54) is 0 Å². The molecule has 3 spiro atoms. The summed E-state index contributed by atoms with van der Waals surface area (Å²) in [5.74, 6) is -8.24. The van der Waals surface area contributed by atoms with E-state index in [9.17, 15) is 29.4 Å². The first-order valence-corrected chi connectivity index (χ1v) is 22.8. The SMILES string of the molecule is C[C@@H]1CC/C=C\C=C\CC[C@H](O)CC(=O)[C@H](C)[C@@H]2CC[C@@H](C)[C@]3(O2)O[B-]24O[C@@H](C(=O)O1)[C@@]1(O[C@@H](CC[C@H]1C)[C@H](C)C(=O)C[C@H](O)CC/C=C/C=C\CC[C@@H](C)OC(=O)[C@@H]3O2)O4. The number of esters is 2. The van der Waals surface area contributed by atoms with E-state index in [1.807, 2.05) is 62.5 Å². The number of aliphatic hydroxyl groups is 2. The van der Waals surface area contributed by atoms with E-state index < -0.39 is 103 Å². The second-order valence-corrected chi connectivity index (χ2v) is 18.3. The summed E-state index contributed by atoms with van der Waals surface area (Å²) in [4.78, 5) is 56.4. The standard InChI is InChI=1S/C46H68BO14/c1-29-23-25-39-33(5)37(50)27-35(48)21-17-13-10-8-12-16-20-32(4)55-44(53)42-46-30(2)24-26-40(57-46)34(6)38(51)28-36(49)22-18-14-9-7-11-15-19-31(3)54-43(52)41-45(29,56-39)60-47(58-41,59-42)61-46/h7-14,29-36,39-42,48-49H,15-28H2,1-6H3/q-1/b11-7-,12-8-,13-10+,14-9+/t29-,30-,31-,32-,33-,34+,35-,36+,39+,40+,41+,42+,45+,46+,47?/m1/s1. The molecule has 6 aliphatic rings. The number of allylic oxidation sites excluding steroid dienone is 8. The maximum atomic E-state index is 14.5. The van der Waals surface area contributed by atoms with Crippen molar-refractivity contribution in [2.24, 2.45) is 23.7 Å². The normalized spacial score (nSPS) is 46.2. The molecule has 1 unspecified atom stereocenters. The molecule has 7 bridgehead atoms. The third-order valence-corrected chi connectivity index (χ3v) is 13.5. The minimum absolute atomic E-state index is 0.0710. The van der Waals surface area contributed by atoms with Crippen LogP contribution in [0.2, 0.25) is 0 Å². The van der Waals surface area contributed by atoms with E-state index >= 15 is 0 Å². The molecule has 61 heavy (non-hydrogen) atoms. The third-order valence-electron chi connectivity index (χ3n) is 13.5. The fourth-order valence-corrected chi connectivity index (χ4v) is 9.42. The maximum Gasteiger partial charge on any atom is 0.536 e. The zero-order valence-corrected chi connectivity index (χ0v) is 36.8. The Kier molecular flexibility index (Phi) is 16.1. The predicted octanol–water partition coefficient (Wildman–Crippen LogP) is 6.42. The topological polar surface area (TPSA) is 183 Å². The Hall–Kier alpha value is -3.02. The van der Waals surface area contributed by atoms with Crippen LogP contribution in [-0.4, -0.2) is 101 Å². The van der Waals surface area contributed by atoms with Gasteiger partial charge in [0.25, 0.3) is 0 Å². The highest BCUT2D eigenvalue weighted by Crippen LogP contribution is 2.55. The molecule has 0 saturated carbocycles. The van der Waals surface area contributed by atoms with Gasteiger partial charge < -0.3 is 47.8 Å². The van der Waals surface area contributed by atoms with Crippen molar-refractivity contribution in [1.82, 2.24) is 0 Å². The molecule has 4 saturated heterocycles. The molecule has 0 radical (unpaired) electrons. The number of carbonyl (C=O) groups is 4. The summed E-state index contributed by atoms with van der Waals surface area (Å²) in [5, 5.41) is 21.7. The summed E-state index contributed by atoms with van der Waals surface area (Å²) >= 11 is 0. The van der Waals surface area contributed by atoms with Crippen LogP contribution in [0.1, 0.15) is 131 Å². The molecular weight excluding hydrogens is 787 g/mol. The molecule has 340 valence electrons. The van der Waals surface area contributed by atoms with Crippen LogP contribution in [0.3, 0.4) is 0 Å². The van der Waals surface area contributed by atoms with Crippen molar-refractivity contribution in [2.45, 2.75) is 192 Å². The van der Waals surface area contributed by atoms with E-state index in [2.05, 4.69) is 0 Å². The molecule has 0 aromatic carbocycles. The summed E-state index contributed by atoms with van der Waals surface area (Å²) in [6, 6.07) is 0. The maximum absolute atomic E-state index is 14.5. The second kappa shape index (κ2) is 20.7. The molecule has 0 aromatic rings. The second-order valence-electron chi connectivity index (χ2n) is 18.3. The van der Waals surface area contributed by atoms with E-state index in [-0.39, 0.29) is 24.4 Å². The molecule has 15 atom stereocenters. The summed E-state index contributed by atoms with van der Waals surface area (Å²) in [5.41, 5.74) is 0. The summed E-state index contributed by atoms with van der Waals surface area (Å²) in [6.45, 7) is 7.23. The smallest absolute Gasteiger partial charge is 0.504 e. The van der Waals surface area contributed by atoms with Gasteiger partial charge in [-0.05, 0) is 90.9 Å². The highest BCUT2D eigenvalue weighted by molar-refractivity contribution is 6.56. The molecule has 0 aromatic heterocycles. The molecule has 6 heterocycles. The molecule has 0 amide bonds. The molecule has 6 aliphatic heterocycles. The number of hydrogen-bond donors (Lipinski definition) is 2. The lowest BCUT2D eigenvalue weighted by Crippen LogP contribution is -2.59. The zero-order chi connectivity index (χ0) is 44.0. The van der Waals surface area contributed by atoms with Crippen LogP contribution in [0, 0.1) is 23.7 Å². The van der Waals surface area contributed by atoms with Gasteiger partial charge in [-0.15, -0.1) is 0 Å². The summed E-state index contributed by atoms with van der Waals surface area (Å²) < 4.78 is 52.5. The Labute approximate surface area is 360 Å². The minimum Gasteiger partial charge on any atom is -0.504 e. The van der Waals surface area contributed by atoms with Gasteiger partial charge in [-0.3, -0.25) is 9.59 Å². The van der Waals surface area contributed by atoms with Crippen LogP contribution in [0.15, 0.2) is 48.6 Å². The average Bonchev–Trinajstić information content (AvgIpc) is 3.70. The molecule has 2 N–H and O–H groups in total. The van der Waals surface area contributed by atoms with Gasteiger partial charge in [-0.25, -0.2) is 9.59 Å². The lowest BCUT2D eigenvalue weighted by Gasteiger charge is -2.49. The van der Waals surface area contributed by atoms with E-state index in [4.69, 9.17) is 37.6 Å². The van der Waals surface area contributed by atoms with E-state index in [1.54, 1.807) is 27.7 Å². The van der Waals surface area contributed by atoms with Crippen molar-refractivity contribution in [3.05, 3.63) is 48.6 Å². The number of fused-ring (bicyclic) bond motifs is 4. The number of carbonyl (C=O) groups excluding carboxylic acids is 4. The number of Topliss-reactive ketones (excluding diaryl/α,β-unsaturated/α-hetero) is 2. The Morgan fingerprint density at radius 1 is 0.525 bits per heavy atom. The number of ether oxygens (including phenoxy) is 4. The van der Waals surface area contributed by atoms with Crippen molar-refractivity contribution in [3.63, 3.8) is 0 Å². The van der Waals surface area contributed by atoms with Gasteiger partial charge in [-0.2, -0.15) is 0 Å². The number of aliphatic hydroxyl groups excluding tert-OH is 2. The Morgan fingerprint density at radius 2 is 0.885 bits per heavy atom. The van der Waals surface area contributed by atoms with Gasteiger partial charge >= 0.3 is 18.9 Å². The van der Waals surface area contributed by atoms with Crippen LogP contribution in [0.25, 0.3) is 0 Å². The van der Waals surface area contributed by atoms with Crippen molar-refractivity contribution in [2.75, 3.05) is 0 Å². The van der Waals surface area contributed by atoms with Crippen LogP contribution in [0.4, 0.5) is 0 Å².